The van der Waals surface area contributed by atoms with Crippen LogP contribution in [0.15, 0.2) is 0 Å². The van der Waals surface area contributed by atoms with Gasteiger partial charge in [0.1, 0.15) is 23.0 Å². The van der Waals surface area contributed by atoms with Crippen molar-refractivity contribution in [3.05, 3.63) is 11.4 Å². The van der Waals surface area contributed by atoms with Crippen molar-refractivity contribution in [3.8, 4) is 0 Å². The van der Waals surface area contributed by atoms with Gasteiger partial charge in [0.25, 0.3) is 0 Å². The van der Waals surface area contributed by atoms with Crippen LogP contribution < -0.4 is 11.1 Å². The maximum atomic E-state index is 9.37. The van der Waals surface area contributed by atoms with E-state index in [1.165, 1.54) is 0 Å². The van der Waals surface area contributed by atoms with Crippen LogP contribution in [-0.2, 0) is 5.41 Å². The first-order valence-electron chi connectivity index (χ1n) is 6.44. The van der Waals surface area contributed by atoms with Gasteiger partial charge in [-0.3, -0.25) is 0 Å². The quantitative estimate of drug-likeness (QED) is 0.507. The van der Waals surface area contributed by atoms with Crippen LogP contribution in [0.2, 0.25) is 0 Å². The van der Waals surface area contributed by atoms with E-state index in [0.29, 0.717) is 23.0 Å². The molecule has 0 aromatic carbocycles. The predicted molar refractivity (Wildman–Crippen MR) is 77.5 cm³/mol. The lowest BCUT2D eigenvalue weighted by Gasteiger charge is -2.31. The Hall–Kier alpha value is -1.44. The molecule has 0 aliphatic heterocycles. The second kappa shape index (κ2) is 5.90. The van der Waals surface area contributed by atoms with Crippen molar-refractivity contribution >= 4 is 11.6 Å². The zero-order valence-electron chi connectivity index (χ0n) is 12.4. The number of rotatable bonds is 5. The maximum Gasteiger partial charge on any atom is 0.138 e. The van der Waals surface area contributed by atoms with Crippen LogP contribution in [0.1, 0.15) is 32.2 Å². The number of aliphatic hydroxyl groups is 3. The van der Waals surface area contributed by atoms with Crippen LogP contribution in [-0.4, -0.2) is 50.6 Å². The lowest BCUT2D eigenvalue weighted by molar-refractivity contribution is 0.0830. The van der Waals surface area contributed by atoms with Gasteiger partial charge < -0.3 is 26.4 Å². The van der Waals surface area contributed by atoms with Gasteiger partial charge in [0, 0.05) is 11.0 Å². The van der Waals surface area contributed by atoms with E-state index in [4.69, 9.17) is 5.73 Å². The van der Waals surface area contributed by atoms with Crippen LogP contribution in [0.5, 0.6) is 0 Å². The van der Waals surface area contributed by atoms with E-state index < -0.39 is 25.4 Å². The molecule has 0 amide bonds. The molecule has 7 heteroatoms. The lowest BCUT2D eigenvalue weighted by Crippen LogP contribution is -2.49. The van der Waals surface area contributed by atoms with Crippen LogP contribution in [0, 0.1) is 6.92 Å². The molecule has 0 aliphatic carbocycles. The molecule has 1 rings (SSSR count). The van der Waals surface area contributed by atoms with E-state index in [1.54, 1.807) is 6.92 Å². The third-order valence-corrected chi connectivity index (χ3v) is 3.15. The summed E-state index contributed by atoms with van der Waals surface area (Å²) in [7, 11) is 0. The van der Waals surface area contributed by atoms with Crippen molar-refractivity contribution in [2.75, 3.05) is 30.9 Å². The van der Waals surface area contributed by atoms with E-state index >= 15 is 0 Å². The summed E-state index contributed by atoms with van der Waals surface area (Å²) in [6.45, 7) is 6.30. The van der Waals surface area contributed by atoms with Crippen LogP contribution in [0.3, 0.4) is 0 Å². The molecule has 114 valence electrons. The van der Waals surface area contributed by atoms with E-state index in [2.05, 4.69) is 15.3 Å². The van der Waals surface area contributed by atoms with Crippen LogP contribution >= 0.6 is 0 Å². The molecule has 7 nitrogen and oxygen atoms in total. The van der Waals surface area contributed by atoms with Gasteiger partial charge in [-0.15, -0.1) is 0 Å². The Kier molecular flexibility index (Phi) is 4.90. The second-order valence-corrected chi connectivity index (χ2v) is 6.04. The van der Waals surface area contributed by atoms with Crippen LogP contribution in [0.25, 0.3) is 0 Å². The smallest absolute Gasteiger partial charge is 0.138 e. The molecule has 1 aromatic rings. The molecular weight excluding hydrogens is 260 g/mol. The number of anilines is 2. The SMILES string of the molecule is Cc1c(N)nc(C(C)(C)C)nc1NC(CO)(CO)CO. The van der Waals surface area contributed by atoms with Gasteiger partial charge in [-0.1, -0.05) is 20.8 Å². The Morgan fingerprint density at radius 1 is 1.05 bits per heavy atom. The largest absolute Gasteiger partial charge is 0.394 e. The molecule has 0 radical (unpaired) electrons. The van der Waals surface area contributed by atoms with E-state index in [9.17, 15) is 15.3 Å². The normalized spacial score (nSPS) is 12.6. The molecule has 0 aliphatic rings. The summed E-state index contributed by atoms with van der Waals surface area (Å²) in [4.78, 5) is 8.65. The topological polar surface area (TPSA) is 125 Å². The fourth-order valence-corrected chi connectivity index (χ4v) is 1.51. The van der Waals surface area contributed by atoms with Gasteiger partial charge in [-0.25, -0.2) is 9.97 Å². The highest BCUT2D eigenvalue weighted by Crippen LogP contribution is 2.26. The molecule has 0 fully saturated rings. The molecule has 0 saturated carbocycles. The second-order valence-electron chi connectivity index (χ2n) is 6.04. The average Bonchev–Trinajstić information content (AvgIpc) is 2.39. The third kappa shape index (κ3) is 3.36. The summed E-state index contributed by atoms with van der Waals surface area (Å²) < 4.78 is 0. The van der Waals surface area contributed by atoms with Crippen LogP contribution in [0.4, 0.5) is 11.6 Å². The number of nitrogens with two attached hydrogens (primary N) is 1. The van der Waals surface area contributed by atoms with Gasteiger partial charge in [-0.2, -0.15) is 0 Å². The highest BCUT2D eigenvalue weighted by Gasteiger charge is 2.30. The van der Waals surface area contributed by atoms with E-state index in [0.717, 1.165) is 0 Å². The first kappa shape index (κ1) is 16.6. The molecule has 0 saturated heterocycles. The first-order chi connectivity index (χ1) is 9.19. The minimum atomic E-state index is -1.25. The summed E-state index contributed by atoms with van der Waals surface area (Å²) in [5.41, 5.74) is 4.95. The monoisotopic (exact) mass is 284 g/mol. The lowest BCUT2D eigenvalue weighted by atomic mass is 9.95. The number of nitrogens with one attached hydrogen (secondary N) is 1. The average molecular weight is 284 g/mol. The van der Waals surface area contributed by atoms with E-state index in [-0.39, 0.29) is 5.41 Å². The minimum absolute atomic E-state index is 0.293. The Bertz CT molecular complexity index is 459. The number of hydrogen-bond donors (Lipinski definition) is 5. The maximum absolute atomic E-state index is 9.37. The van der Waals surface area contributed by atoms with Crippen molar-refractivity contribution in [1.29, 1.82) is 0 Å². The Labute approximate surface area is 118 Å². The molecule has 0 spiro atoms. The van der Waals surface area contributed by atoms with Gasteiger partial charge in [0.2, 0.25) is 0 Å². The highest BCUT2D eigenvalue weighted by atomic mass is 16.3. The van der Waals surface area contributed by atoms with Crippen molar-refractivity contribution < 1.29 is 15.3 Å². The fraction of sp³-hybridized carbons (Fsp3) is 0.692. The molecule has 1 heterocycles. The van der Waals surface area contributed by atoms with Gasteiger partial charge in [-0.05, 0) is 6.92 Å². The van der Waals surface area contributed by atoms with Gasteiger partial charge in [0.05, 0.1) is 19.8 Å². The molecule has 1 aromatic heterocycles. The summed E-state index contributed by atoms with van der Waals surface area (Å²) >= 11 is 0. The summed E-state index contributed by atoms with van der Waals surface area (Å²) in [5.74, 6) is 1.28. The highest BCUT2D eigenvalue weighted by molar-refractivity contribution is 5.56. The summed E-state index contributed by atoms with van der Waals surface area (Å²) in [6.07, 6.45) is 0. The molecule has 20 heavy (non-hydrogen) atoms. The van der Waals surface area contributed by atoms with Crippen molar-refractivity contribution in [2.24, 2.45) is 0 Å². The number of nitrogen functional groups attached to an aromatic ring is 1. The minimum Gasteiger partial charge on any atom is -0.394 e. The number of hydrogen-bond acceptors (Lipinski definition) is 7. The first-order valence-corrected chi connectivity index (χ1v) is 6.44. The van der Waals surface area contributed by atoms with Gasteiger partial charge in [0.15, 0.2) is 0 Å². The summed E-state index contributed by atoms with van der Waals surface area (Å²) in [5, 5.41) is 31.0. The van der Waals surface area contributed by atoms with Crippen molar-refractivity contribution in [3.63, 3.8) is 0 Å². The van der Waals surface area contributed by atoms with E-state index in [1.807, 2.05) is 20.8 Å². The number of aromatic nitrogens is 2. The Balaban J connectivity index is 3.27. The zero-order chi connectivity index (χ0) is 15.6. The Morgan fingerprint density at radius 2 is 1.55 bits per heavy atom. The third-order valence-electron chi connectivity index (χ3n) is 3.15. The Morgan fingerprint density at radius 3 is 1.95 bits per heavy atom. The number of aliphatic hydroxyl groups excluding tert-OH is 3. The summed E-state index contributed by atoms with van der Waals surface area (Å²) in [6, 6.07) is 0. The predicted octanol–water partition coefficient (Wildman–Crippen LogP) is -0.208. The zero-order valence-corrected chi connectivity index (χ0v) is 12.4. The van der Waals surface area contributed by atoms with Crippen molar-refractivity contribution in [1.82, 2.24) is 9.97 Å². The molecular formula is C13H24N4O3. The van der Waals surface area contributed by atoms with Crippen molar-refractivity contribution in [2.45, 2.75) is 38.6 Å². The molecule has 6 N–H and O–H groups in total. The number of nitrogens with zero attached hydrogens (tertiary/aromatic N) is 2. The molecule has 0 atom stereocenters. The standard InChI is InChI=1S/C13H24N4O3/c1-8-9(14)15-11(12(2,3)4)16-10(8)17-13(5-18,6-19)7-20/h18-20H,5-7H2,1-4H3,(H3,14,15,16,17). The molecule has 0 bridgehead atoms. The van der Waals surface area contributed by atoms with Gasteiger partial charge >= 0.3 is 0 Å². The fourth-order valence-electron chi connectivity index (χ4n) is 1.51. The molecule has 0 unspecified atom stereocenters.